The summed E-state index contributed by atoms with van der Waals surface area (Å²) in [5.41, 5.74) is 0.878. The molecule has 1 spiro atoms. The fourth-order valence-electron chi connectivity index (χ4n) is 3.52. The smallest absolute Gasteiger partial charge is 0.270 e. The normalized spacial score (nSPS) is 17.3. The van der Waals surface area contributed by atoms with Gasteiger partial charge in [0.1, 0.15) is 11.4 Å². The number of hydrogen-bond donors (Lipinski definition) is 0. The average Bonchev–Trinajstić information content (AvgIpc) is 2.68. The van der Waals surface area contributed by atoms with Crippen LogP contribution in [-0.4, -0.2) is 34.4 Å². The Bertz CT molecular complexity index is 949. The number of carbonyl (C=O) groups is 1. The van der Waals surface area contributed by atoms with Crippen LogP contribution < -0.4 is 4.74 Å². The van der Waals surface area contributed by atoms with Gasteiger partial charge in [0.2, 0.25) is 0 Å². The van der Waals surface area contributed by atoms with Gasteiger partial charge in [0, 0.05) is 48.1 Å². The quantitative estimate of drug-likeness (QED) is 0.523. The van der Waals surface area contributed by atoms with Gasteiger partial charge < -0.3 is 9.64 Å². The van der Waals surface area contributed by atoms with Gasteiger partial charge in [-0.25, -0.2) is 0 Å². The van der Waals surface area contributed by atoms with Gasteiger partial charge in [-0.1, -0.05) is 24.3 Å². The number of piperidine rings is 1. The van der Waals surface area contributed by atoms with Crippen molar-refractivity contribution in [3.8, 4) is 5.75 Å². The Labute approximate surface area is 164 Å². The van der Waals surface area contributed by atoms with E-state index in [1.807, 2.05) is 24.3 Å². The molecule has 0 aromatic heterocycles. The Morgan fingerprint density at radius 2 is 1.93 bits per heavy atom. The largest absolute Gasteiger partial charge is 0.482 e. The third kappa shape index (κ3) is 3.35. The molecule has 1 saturated heterocycles. The molecule has 0 bridgehead atoms. The van der Waals surface area contributed by atoms with Crippen LogP contribution in [0.5, 0.6) is 5.75 Å². The lowest BCUT2D eigenvalue weighted by Gasteiger charge is -2.42. The van der Waals surface area contributed by atoms with Crippen LogP contribution in [0.3, 0.4) is 0 Å². The highest BCUT2D eigenvalue weighted by molar-refractivity contribution is 9.10. The fraction of sp³-hybridized carbons (Fsp3) is 0.250. The van der Waals surface area contributed by atoms with E-state index < -0.39 is 10.5 Å². The maximum Gasteiger partial charge on any atom is 0.270 e. The number of hydrogen-bond acceptors (Lipinski definition) is 4. The maximum atomic E-state index is 12.9. The first kappa shape index (κ1) is 17.7. The molecule has 2 aliphatic heterocycles. The molecule has 0 aliphatic carbocycles. The maximum absolute atomic E-state index is 12.9. The van der Waals surface area contributed by atoms with Crippen LogP contribution in [0.15, 0.2) is 53.0 Å². The Kier molecular flexibility index (Phi) is 4.47. The second-order valence-electron chi connectivity index (χ2n) is 6.75. The minimum atomic E-state index is -0.494. The number of amides is 1. The van der Waals surface area contributed by atoms with Crippen LogP contribution in [0.1, 0.15) is 28.8 Å². The van der Waals surface area contributed by atoms with Gasteiger partial charge in [0.25, 0.3) is 11.6 Å². The number of likely N-dealkylation sites (tertiary alicyclic amines) is 1. The zero-order valence-corrected chi connectivity index (χ0v) is 16.0. The molecule has 0 unspecified atom stereocenters. The number of fused-ring (bicyclic) bond motifs is 1. The summed E-state index contributed by atoms with van der Waals surface area (Å²) in [7, 11) is 0. The predicted molar refractivity (Wildman–Crippen MR) is 105 cm³/mol. The van der Waals surface area contributed by atoms with Gasteiger partial charge >= 0.3 is 0 Å². The summed E-state index contributed by atoms with van der Waals surface area (Å²) in [4.78, 5) is 25.1. The Balaban J connectivity index is 1.50. The van der Waals surface area contributed by atoms with E-state index in [1.165, 1.54) is 12.1 Å². The molecule has 6 nitrogen and oxygen atoms in total. The minimum absolute atomic E-state index is 0.0924. The molecule has 1 fully saturated rings. The molecule has 0 radical (unpaired) electrons. The van der Waals surface area contributed by atoms with E-state index in [0.29, 0.717) is 36.0 Å². The monoisotopic (exact) mass is 428 g/mol. The van der Waals surface area contributed by atoms with Crippen LogP contribution in [0.2, 0.25) is 0 Å². The Hall–Kier alpha value is -2.67. The molecule has 2 aromatic carbocycles. The standard InChI is InChI=1S/C20H17BrN2O4/c21-17-6-5-15(23(25)26)13-16(17)19(24)22-11-9-20(10-12-22)8-7-14-3-1-2-4-18(14)27-20/h1-8,13H,9-12H2. The van der Waals surface area contributed by atoms with Gasteiger partial charge in [-0.2, -0.15) is 0 Å². The van der Waals surface area contributed by atoms with Crippen molar-refractivity contribution < 1.29 is 14.5 Å². The number of non-ortho nitro benzene ring substituents is 1. The van der Waals surface area contributed by atoms with Gasteiger partial charge in [0.05, 0.1) is 10.5 Å². The van der Waals surface area contributed by atoms with Crippen molar-refractivity contribution in [3.63, 3.8) is 0 Å². The molecule has 4 rings (SSSR count). The molecule has 2 heterocycles. The highest BCUT2D eigenvalue weighted by atomic mass is 79.9. The molecule has 7 heteroatoms. The van der Waals surface area contributed by atoms with Crippen molar-refractivity contribution in [2.75, 3.05) is 13.1 Å². The topological polar surface area (TPSA) is 72.7 Å². The van der Waals surface area contributed by atoms with Crippen molar-refractivity contribution in [1.82, 2.24) is 4.90 Å². The lowest BCUT2D eigenvalue weighted by atomic mass is 9.88. The number of nitro benzene ring substituents is 1. The van der Waals surface area contributed by atoms with Crippen LogP contribution in [0.25, 0.3) is 6.08 Å². The first-order valence-electron chi connectivity index (χ1n) is 8.68. The van der Waals surface area contributed by atoms with E-state index in [-0.39, 0.29) is 11.6 Å². The molecule has 2 aliphatic rings. The minimum Gasteiger partial charge on any atom is -0.482 e. The number of para-hydroxylation sites is 1. The summed E-state index contributed by atoms with van der Waals surface area (Å²) in [5, 5.41) is 11.0. The summed E-state index contributed by atoms with van der Waals surface area (Å²) in [6.07, 6.45) is 5.51. The van der Waals surface area contributed by atoms with E-state index in [2.05, 4.69) is 28.1 Å². The van der Waals surface area contributed by atoms with E-state index in [4.69, 9.17) is 4.74 Å². The first-order valence-corrected chi connectivity index (χ1v) is 9.47. The average molecular weight is 429 g/mol. The van der Waals surface area contributed by atoms with Crippen LogP contribution in [0.4, 0.5) is 5.69 Å². The fourth-order valence-corrected chi connectivity index (χ4v) is 3.94. The SMILES string of the molecule is O=C(c1cc([N+](=O)[O-])ccc1Br)N1CCC2(C=Cc3ccccc3O2)CC1. The lowest BCUT2D eigenvalue weighted by molar-refractivity contribution is -0.384. The molecule has 0 N–H and O–H groups in total. The highest BCUT2D eigenvalue weighted by Crippen LogP contribution is 2.37. The predicted octanol–water partition coefficient (Wildman–Crippen LogP) is 4.44. The Morgan fingerprint density at radius 1 is 1.19 bits per heavy atom. The molecule has 0 atom stereocenters. The van der Waals surface area contributed by atoms with Gasteiger partial charge in [-0.15, -0.1) is 0 Å². The third-order valence-electron chi connectivity index (χ3n) is 5.09. The number of rotatable bonds is 2. The second-order valence-corrected chi connectivity index (χ2v) is 7.61. The van der Waals surface area contributed by atoms with Gasteiger partial charge in [-0.05, 0) is 34.1 Å². The number of ether oxygens (including phenoxy) is 1. The summed E-state index contributed by atoms with van der Waals surface area (Å²) in [6.45, 7) is 1.06. The van der Waals surface area contributed by atoms with Crippen molar-refractivity contribution in [2.45, 2.75) is 18.4 Å². The summed E-state index contributed by atoms with van der Waals surface area (Å²) < 4.78 is 6.80. The zero-order chi connectivity index (χ0) is 19.0. The van der Waals surface area contributed by atoms with Crippen molar-refractivity contribution in [2.24, 2.45) is 0 Å². The zero-order valence-electron chi connectivity index (χ0n) is 14.4. The van der Waals surface area contributed by atoms with Gasteiger partial charge in [-0.3, -0.25) is 14.9 Å². The van der Waals surface area contributed by atoms with Crippen molar-refractivity contribution in [3.05, 3.63) is 74.3 Å². The first-order chi connectivity index (χ1) is 13.0. The Morgan fingerprint density at radius 3 is 2.67 bits per heavy atom. The number of nitrogens with zero attached hydrogens (tertiary/aromatic N) is 2. The molecule has 138 valence electrons. The lowest BCUT2D eigenvalue weighted by Crippen LogP contribution is -2.49. The number of nitro groups is 1. The number of benzene rings is 2. The van der Waals surface area contributed by atoms with E-state index in [0.717, 1.165) is 11.3 Å². The molecular formula is C20H17BrN2O4. The van der Waals surface area contributed by atoms with E-state index in [9.17, 15) is 14.9 Å². The highest BCUT2D eigenvalue weighted by Gasteiger charge is 2.38. The molecular weight excluding hydrogens is 412 g/mol. The summed E-state index contributed by atoms with van der Waals surface area (Å²) in [6, 6.07) is 12.1. The molecule has 27 heavy (non-hydrogen) atoms. The van der Waals surface area contributed by atoms with Crippen LogP contribution >= 0.6 is 15.9 Å². The van der Waals surface area contributed by atoms with Crippen LogP contribution in [0, 0.1) is 10.1 Å². The molecule has 1 amide bonds. The number of carbonyl (C=O) groups excluding carboxylic acids is 1. The number of halogens is 1. The van der Waals surface area contributed by atoms with Gasteiger partial charge in [0.15, 0.2) is 0 Å². The van der Waals surface area contributed by atoms with E-state index in [1.54, 1.807) is 11.0 Å². The summed E-state index contributed by atoms with van der Waals surface area (Å²) >= 11 is 3.33. The van der Waals surface area contributed by atoms with Crippen molar-refractivity contribution in [1.29, 1.82) is 0 Å². The molecule has 2 aromatic rings. The van der Waals surface area contributed by atoms with E-state index >= 15 is 0 Å². The van der Waals surface area contributed by atoms with Crippen LogP contribution in [-0.2, 0) is 0 Å². The van der Waals surface area contributed by atoms with Crippen molar-refractivity contribution >= 4 is 33.6 Å². The third-order valence-corrected chi connectivity index (χ3v) is 5.78. The summed E-state index contributed by atoms with van der Waals surface area (Å²) in [5.74, 6) is 0.654. The second kappa shape index (κ2) is 6.81. The molecule has 0 saturated carbocycles.